The van der Waals surface area contributed by atoms with Gasteiger partial charge in [0.25, 0.3) is 5.69 Å². The molecule has 2 rings (SSSR count). The van der Waals surface area contributed by atoms with Gasteiger partial charge in [-0.1, -0.05) is 11.8 Å². The number of carbonyl (C=O) groups is 1. The number of nitro benzene ring substituents is 1. The van der Waals surface area contributed by atoms with Gasteiger partial charge < -0.3 is 4.98 Å². The summed E-state index contributed by atoms with van der Waals surface area (Å²) >= 11 is 1.33. The number of ketones is 1. The van der Waals surface area contributed by atoms with Crippen molar-refractivity contribution in [2.24, 2.45) is 0 Å². The number of thioether (sulfide) groups is 1. The molecule has 0 aliphatic rings. The SMILES string of the molecule is CC(=O)CSc1ncc(-c2ccc([N+](=O)[O-])cc2)[nH]1. The van der Waals surface area contributed by atoms with Gasteiger partial charge in [-0.05, 0) is 19.1 Å². The van der Waals surface area contributed by atoms with E-state index in [1.807, 2.05) is 0 Å². The number of non-ortho nitro benzene ring substituents is 1. The van der Waals surface area contributed by atoms with Crippen molar-refractivity contribution < 1.29 is 9.72 Å². The lowest BCUT2D eigenvalue weighted by Gasteiger charge is -1.97. The predicted octanol–water partition coefficient (Wildman–Crippen LogP) is 2.67. The molecule has 6 nitrogen and oxygen atoms in total. The number of nitro groups is 1. The third kappa shape index (κ3) is 3.41. The fraction of sp³-hybridized carbons (Fsp3) is 0.167. The zero-order valence-electron chi connectivity index (χ0n) is 10.1. The summed E-state index contributed by atoms with van der Waals surface area (Å²) in [5.74, 6) is 0.450. The lowest BCUT2D eigenvalue weighted by atomic mass is 10.1. The molecule has 0 spiro atoms. The maximum absolute atomic E-state index is 10.9. The molecule has 1 N–H and O–H groups in total. The fourth-order valence-corrected chi connectivity index (χ4v) is 2.11. The van der Waals surface area contributed by atoms with Gasteiger partial charge in [0, 0.05) is 17.7 Å². The van der Waals surface area contributed by atoms with E-state index >= 15 is 0 Å². The molecule has 1 aromatic heterocycles. The number of nitrogens with one attached hydrogen (secondary N) is 1. The summed E-state index contributed by atoms with van der Waals surface area (Å²) in [6.45, 7) is 1.52. The number of H-pyrrole nitrogens is 1. The van der Waals surface area contributed by atoms with E-state index in [4.69, 9.17) is 0 Å². The van der Waals surface area contributed by atoms with Gasteiger partial charge in [-0.25, -0.2) is 4.98 Å². The van der Waals surface area contributed by atoms with Crippen molar-refractivity contribution in [1.82, 2.24) is 9.97 Å². The number of nitrogens with zero attached hydrogens (tertiary/aromatic N) is 2. The Bertz CT molecular complexity index is 607. The van der Waals surface area contributed by atoms with E-state index in [-0.39, 0.29) is 11.5 Å². The lowest BCUT2D eigenvalue weighted by molar-refractivity contribution is -0.384. The van der Waals surface area contributed by atoms with Gasteiger partial charge in [0.15, 0.2) is 5.16 Å². The predicted molar refractivity (Wildman–Crippen MR) is 72.1 cm³/mol. The number of aromatic amines is 1. The van der Waals surface area contributed by atoms with E-state index in [0.29, 0.717) is 10.9 Å². The first kappa shape index (κ1) is 13.3. The van der Waals surface area contributed by atoms with Crippen LogP contribution in [0.3, 0.4) is 0 Å². The second kappa shape index (κ2) is 5.66. The number of benzene rings is 1. The molecular formula is C12H11N3O3S. The first-order chi connectivity index (χ1) is 9.06. The first-order valence-electron chi connectivity index (χ1n) is 5.48. The van der Waals surface area contributed by atoms with Crippen molar-refractivity contribution in [2.45, 2.75) is 12.1 Å². The molecule has 98 valence electrons. The first-order valence-corrected chi connectivity index (χ1v) is 6.47. The topological polar surface area (TPSA) is 88.9 Å². The van der Waals surface area contributed by atoms with Crippen LogP contribution in [0.25, 0.3) is 11.3 Å². The van der Waals surface area contributed by atoms with Crippen LogP contribution in [0.4, 0.5) is 5.69 Å². The molecule has 0 saturated carbocycles. The molecule has 0 aliphatic carbocycles. The Labute approximate surface area is 113 Å². The highest BCUT2D eigenvalue weighted by atomic mass is 32.2. The molecule has 1 heterocycles. The van der Waals surface area contributed by atoms with Gasteiger partial charge in [0.2, 0.25) is 0 Å². The summed E-state index contributed by atoms with van der Waals surface area (Å²) in [5.41, 5.74) is 1.63. The normalized spacial score (nSPS) is 10.4. The second-order valence-electron chi connectivity index (χ2n) is 3.90. The highest BCUT2D eigenvalue weighted by Gasteiger charge is 2.08. The molecule has 19 heavy (non-hydrogen) atoms. The van der Waals surface area contributed by atoms with E-state index in [1.165, 1.54) is 30.8 Å². The van der Waals surface area contributed by atoms with Crippen molar-refractivity contribution in [3.05, 3.63) is 40.6 Å². The Morgan fingerprint density at radius 3 is 2.68 bits per heavy atom. The fourth-order valence-electron chi connectivity index (χ4n) is 1.46. The zero-order valence-corrected chi connectivity index (χ0v) is 10.9. The van der Waals surface area contributed by atoms with Crippen LogP contribution in [0.15, 0.2) is 35.6 Å². The standard InChI is InChI=1S/C12H11N3O3S/c1-8(16)7-19-12-13-6-11(14-12)9-2-4-10(5-3-9)15(17)18/h2-6H,7H2,1H3,(H,13,14). The van der Waals surface area contributed by atoms with E-state index in [2.05, 4.69) is 9.97 Å². The van der Waals surface area contributed by atoms with Crippen LogP contribution in [0.2, 0.25) is 0 Å². The lowest BCUT2D eigenvalue weighted by Crippen LogP contribution is -1.93. The average Bonchev–Trinajstić information content (AvgIpc) is 2.85. The minimum absolute atomic E-state index is 0.0504. The summed E-state index contributed by atoms with van der Waals surface area (Å²) in [5, 5.41) is 11.2. The molecule has 0 amide bonds. The molecule has 0 radical (unpaired) electrons. The number of aromatic nitrogens is 2. The quantitative estimate of drug-likeness (QED) is 0.515. The van der Waals surface area contributed by atoms with Crippen molar-refractivity contribution >= 4 is 23.2 Å². The van der Waals surface area contributed by atoms with Crippen LogP contribution in [0.5, 0.6) is 0 Å². The van der Waals surface area contributed by atoms with E-state index in [1.54, 1.807) is 18.3 Å². The van der Waals surface area contributed by atoms with Crippen LogP contribution in [0.1, 0.15) is 6.92 Å². The largest absolute Gasteiger partial charge is 0.333 e. The summed E-state index contributed by atoms with van der Waals surface area (Å²) in [6, 6.07) is 6.20. The van der Waals surface area contributed by atoms with Gasteiger partial charge in [0.05, 0.1) is 22.6 Å². The van der Waals surface area contributed by atoms with Gasteiger partial charge in [-0.3, -0.25) is 14.9 Å². The number of Topliss-reactive ketones (excluding diaryl/α,β-unsaturated/α-hetero) is 1. The highest BCUT2D eigenvalue weighted by molar-refractivity contribution is 7.99. The number of hydrogen-bond donors (Lipinski definition) is 1. The van der Waals surface area contributed by atoms with E-state index < -0.39 is 4.92 Å². The van der Waals surface area contributed by atoms with Gasteiger partial charge in [0.1, 0.15) is 5.78 Å². The van der Waals surface area contributed by atoms with Crippen molar-refractivity contribution in [2.75, 3.05) is 5.75 Å². The summed E-state index contributed by atoms with van der Waals surface area (Å²) < 4.78 is 0. The molecule has 2 aromatic rings. The van der Waals surface area contributed by atoms with Crippen LogP contribution in [0, 0.1) is 10.1 Å². The van der Waals surface area contributed by atoms with Crippen LogP contribution in [-0.4, -0.2) is 26.4 Å². The summed E-state index contributed by atoms with van der Waals surface area (Å²) in [7, 11) is 0. The Morgan fingerprint density at radius 2 is 2.11 bits per heavy atom. The van der Waals surface area contributed by atoms with Crippen LogP contribution in [-0.2, 0) is 4.79 Å². The minimum Gasteiger partial charge on any atom is -0.333 e. The third-order valence-corrected chi connectivity index (χ3v) is 3.39. The molecule has 0 bridgehead atoms. The number of imidazole rings is 1. The highest BCUT2D eigenvalue weighted by Crippen LogP contribution is 2.23. The molecule has 1 aromatic carbocycles. The third-order valence-electron chi connectivity index (χ3n) is 2.35. The van der Waals surface area contributed by atoms with Crippen LogP contribution >= 0.6 is 11.8 Å². The molecular weight excluding hydrogens is 266 g/mol. The Kier molecular flexibility index (Phi) is 3.96. The smallest absolute Gasteiger partial charge is 0.269 e. The minimum atomic E-state index is -0.440. The van der Waals surface area contributed by atoms with Crippen molar-refractivity contribution in [3.63, 3.8) is 0 Å². The average molecular weight is 277 g/mol. The number of carbonyl (C=O) groups excluding carboxylic acids is 1. The zero-order chi connectivity index (χ0) is 13.8. The summed E-state index contributed by atoms with van der Waals surface area (Å²) in [4.78, 5) is 28.2. The molecule has 7 heteroatoms. The molecule has 0 atom stereocenters. The molecule has 0 aliphatic heterocycles. The maximum Gasteiger partial charge on any atom is 0.269 e. The molecule has 0 unspecified atom stereocenters. The number of hydrogen-bond acceptors (Lipinski definition) is 5. The van der Waals surface area contributed by atoms with Gasteiger partial charge in [-0.15, -0.1) is 0 Å². The second-order valence-corrected chi connectivity index (χ2v) is 4.86. The van der Waals surface area contributed by atoms with E-state index in [9.17, 15) is 14.9 Å². The van der Waals surface area contributed by atoms with Crippen molar-refractivity contribution in [3.8, 4) is 11.3 Å². The molecule has 0 fully saturated rings. The summed E-state index contributed by atoms with van der Waals surface area (Å²) in [6.07, 6.45) is 1.64. The Morgan fingerprint density at radius 1 is 1.42 bits per heavy atom. The monoisotopic (exact) mass is 277 g/mol. The van der Waals surface area contributed by atoms with Gasteiger partial charge in [-0.2, -0.15) is 0 Å². The molecule has 0 saturated heterocycles. The van der Waals surface area contributed by atoms with Crippen LogP contribution < -0.4 is 0 Å². The number of rotatable bonds is 5. The van der Waals surface area contributed by atoms with E-state index in [0.717, 1.165) is 11.3 Å². The maximum atomic E-state index is 10.9. The van der Waals surface area contributed by atoms with Gasteiger partial charge >= 0.3 is 0 Å². The Hall–Kier alpha value is -2.15. The Balaban J connectivity index is 2.13. The van der Waals surface area contributed by atoms with Crippen molar-refractivity contribution in [1.29, 1.82) is 0 Å².